The highest BCUT2D eigenvalue weighted by Gasteiger charge is 2.19. The lowest BCUT2D eigenvalue weighted by molar-refractivity contribution is 0.399. The minimum absolute atomic E-state index is 0.254. The zero-order chi connectivity index (χ0) is 12.0. The maximum Gasteiger partial charge on any atom is 0.227 e. The molecule has 1 aliphatic heterocycles. The van der Waals surface area contributed by atoms with Gasteiger partial charge >= 0.3 is 0 Å². The van der Waals surface area contributed by atoms with Crippen LogP contribution >= 0.6 is 0 Å². The number of phenolic OH excluding ortho intramolecular Hbond substituents is 2. The first-order valence-corrected chi connectivity index (χ1v) is 5.03. The molecule has 1 aromatic rings. The summed E-state index contributed by atoms with van der Waals surface area (Å²) in [5.74, 6) is -0.832. The van der Waals surface area contributed by atoms with Crippen molar-refractivity contribution < 1.29 is 14.6 Å². The Morgan fingerprint density at radius 2 is 1.82 bits per heavy atom. The summed E-state index contributed by atoms with van der Waals surface area (Å²) >= 11 is 0. The standard InChI is InChI=1S/C13H8O4/c14-9-5-10-11(13(16)12(9)15)8-4-2-1-3-7(8)6-17-10/h1-6,15-16H. The summed E-state index contributed by atoms with van der Waals surface area (Å²) in [6.45, 7) is 0. The van der Waals surface area contributed by atoms with Gasteiger partial charge in [-0.25, -0.2) is 0 Å². The first kappa shape index (κ1) is 9.72. The minimum atomic E-state index is -0.658. The molecule has 1 aromatic carbocycles. The number of rotatable bonds is 0. The summed E-state index contributed by atoms with van der Waals surface area (Å²) in [4.78, 5) is 11.3. The smallest absolute Gasteiger partial charge is 0.227 e. The minimum Gasteiger partial charge on any atom is -0.504 e. The van der Waals surface area contributed by atoms with Gasteiger partial charge in [0.2, 0.25) is 11.2 Å². The van der Waals surface area contributed by atoms with Crippen LogP contribution in [0.2, 0.25) is 0 Å². The zero-order valence-electron chi connectivity index (χ0n) is 8.68. The van der Waals surface area contributed by atoms with Crippen LogP contribution in [0.4, 0.5) is 0 Å². The van der Waals surface area contributed by atoms with Gasteiger partial charge in [0.25, 0.3) is 0 Å². The topological polar surface area (TPSA) is 70.7 Å². The van der Waals surface area contributed by atoms with E-state index in [1.165, 1.54) is 6.26 Å². The second-order valence-corrected chi connectivity index (χ2v) is 3.77. The third kappa shape index (κ3) is 1.27. The molecule has 17 heavy (non-hydrogen) atoms. The fourth-order valence-electron chi connectivity index (χ4n) is 1.92. The van der Waals surface area contributed by atoms with Crippen LogP contribution in [0, 0.1) is 0 Å². The molecule has 4 heteroatoms. The van der Waals surface area contributed by atoms with Gasteiger partial charge in [0.1, 0.15) is 5.76 Å². The number of fused-ring (bicyclic) bond motifs is 3. The van der Waals surface area contributed by atoms with E-state index in [2.05, 4.69) is 0 Å². The van der Waals surface area contributed by atoms with Crippen LogP contribution in [-0.4, -0.2) is 10.2 Å². The Balaban J connectivity index is 2.62. The first-order chi connectivity index (χ1) is 8.18. The molecule has 0 spiro atoms. The lowest BCUT2D eigenvalue weighted by Crippen LogP contribution is -2.01. The molecule has 4 nitrogen and oxygen atoms in total. The van der Waals surface area contributed by atoms with Gasteiger partial charge in [0.15, 0.2) is 5.75 Å². The molecule has 0 saturated heterocycles. The molecule has 0 fully saturated rings. The van der Waals surface area contributed by atoms with Gasteiger partial charge in [-0.3, -0.25) is 4.79 Å². The van der Waals surface area contributed by atoms with Gasteiger partial charge in [-0.1, -0.05) is 24.3 Å². The number of hydrogen-bond acceptors (Lipinski definition) is 4. The van der Waals surface area contributed by atoms with Crippen LogP contribution in [0.15, 0.2) is 45.8 Å². The molecule has 1 heterocycles. The summed E-state index contributed by atoms with van der Waals surface area (Å²) in [5, 5.41) is 20.8. The maximum absolute atomic E-state index is 11.3. The van der Waals surface area contributed by atoms with Crippen molar-refractivity contribution in [1.29, 1.82) is 0 Å². The largest absolute Gasteiger partial charge is 0.504 e. The molecular weight excluding hydrogens is 220 g/mol. The van der Waals surface area contributed by atoms with E-state index in [0.717, 1.165) is 16.8 Å². The Labute approximate surface area is 95.7 Å². The van der Waals surface area contributed by atoms with Gasteiger partial charge in [-0.05, 0) is 5.39 Å². The monoisotopic (exact) mass is 228 g/mol. The average Bonchev–Trinajstić information content (AvgIpc) is 2.35. The second kappa shape index (κ2) is 3.25. The van der Waals surface area contributed by atoms with E-state index in [0.29, 0.717) is 5.56 Å². The van der Waals surface area contributed by atoms with Crippen LogP contribution < -0.4 is 5.43 Å². The van der Waals surface area contributed by atoms with Crippen molar-refractivity contribution in [1.82, 2.24) is 0 Å². The van der Waals surface area contributed by atoms with Crippen LogP contribution in [0.3, 0.4) is 0 Å². The summed E-state index contributed by atoms with van der Waals surface area (Å²) in [7, 11) is 0. The Kier molecular flexibility index (Phi) is 1.86. The van der Waals surface area contributed by atoms with Crippen molar-refractivity contribution in [3.63, 3.8) is 0 Å². The second-order valence-electron chi connectivity index (χ2n) is 3.77. The molecule has 2 aliphatic rings. The average molecular weight is 228 g/mol. The summed E-state index contributed by atoms with van der Waals surface area (Å²) < 4.78 is 5.27. The van der Waals surface area contributed by atoms with Crippen LogP contribution in [0.25, 0.3) is 22.1 Å². The van der Waals surface area contributed by atoms with Gasteiger partial charge < -0.3 is 14.6 Å². The van der Waals surface area contributed by atoms with Crippen LogP contribution in [0.5, 0.6) is 11.5 Å². The highest BCUT2D eigenvalue weighted by molar-refractivity contribution is 5.98. The van der Waals surface area contributed by atoms with Crippen molar-refractivity contribution in [2.75, 3.05) is 0 Å². The van der Waals surface area contributed by atoms with Crippen molar-refractivity contribution in [3.05, 3.63) is 46.8 Å². The summed E-state index contributed by atoms with van der Waals surface area (Å²) in [5.41, 5.74) is -0.311. The Hall–Kier alpha value is -2.49. The number of benzene rings is 2. The number of hydrogen-bond donors (Lipinski definition) is 2. The van der Waals surface area contributed by atoms with Crippen molar-refractivity contribution >= 4 is 10.8 Å². The zero-order valence-corrected chi connectivity index (χ0v) is 8.68. The van der Waals surface area contributed by atoms with Crippen molar-refractivity contribution in [3.8, 4) is 22.8 Å². The maximum atomic E-state index is 11.3. The molecule has 0 aromatic heterocycles. The predicted octanol–water partition coefficient (Wildman–Crippen LogP) is 2.31. The number of phenols is 2. The predicted molar refractivity (Wildman–Crippen MR) is 62.4 cm³/mol. The molecule has 0 radical (unpaired) electrons. The summed E-state index contributed by atoms with van der Waals surface area (Å²) in [6.07, 6.45) is 1.51. The molecule has 0 saturated carbocycles. The van der Waals surface area contributed by atoms with Crippen LogP contribution in [-0.2, 0) is 0 Å². The molecule has 0 amide bonds. The van der Waals surface area contributed by atoms with E-state index < -0.39 is 16.9 Å². The van der Waals surface area contributed by atoms with Gasteiger partial charge in [0, 0.05) is 11.5 Å². The van der Waals surface area contributed by atoms with Gasteiger partial charge in [-0.2, -0.15) is 0 Å². The Morgan fingerprint density at radius 3 is 2.65 bits per heavy atom. The van der Waals surface area contributed by atoms with E-state index >= 15 is 0 Å². The summed E-state index contributed by atoms with van der Waals surface area (Å²) in [6, 6.07) is 8.42. The quantitative estimate of drug-likeness (QED) is 0.457. The van der Waals surface area contributed by atoms with Crippen molar-refractivity contribution in [2.45, 2.75) is 0 Å². The Morgan fingerprint density at radius 1 is 1.06 bits per heavy atom. The normalized spacial score (nSPS) is 11.1. The molecule has 0 unspecified atom stereocenters. The van der Waals surface area contributed by atoms with E-state index in [9.17, 15) is 15.0 Å². The fourth-order valence-corrected chi connectivity index (χ4v) is 1.92. The van der Waals surface area contributed by atoms with E-state index in [-0.39, 0.29) is 5.76 Å². The molecule has 3 rings (SSSR count). The molecule has 2 N–H and O–H groups in total. The van der Waals surface area contributed by atoms with Gasteiger partial charge in [-0.15, -0.1) is 0 Å². The lowest BCUT2D eigenvalue weighted by Gasteiger charge is -2.10. The lowest BCUT2D eigenvalue weighted by atomic mass is 10.0. The third-order valence-corrected chi connectivity index (χ3v) is 2.75. The van der Waals surface area contributed by atoms with E-state index in [1.54, 1.807) is 6.07 Å². The fraction of sp³-hybridized carbons (Fsp3) is 0. The highest BCUT2D eigenvalue weighted by atomic mass is 16.3. The van der Waals surface area contributed by atoms with Gasteiger partial charge in [0.05, 0.1) is 11.8 Å². The molecular formula is C13H8O4. The van der Waals surface area contributed by atoms with E-state index in [4.69, 9.17) is 4.42 Å². The molecule has 0 bridgehead atoms. The Bertz CT molecular complexity index is 742. The molecule has 1 aliphatic carbocycles. The highest BCUT2D eigenvalue weighted by Crippen LogP contribution is 2.40. The SMILES string of the molecule is O=c1cc2occ3ccccc3c-2c(O)c1O. The van der Waals surface area contributed by atoms with Crippen LogP contribution in [0.1, 0.15) is 0 Å². The van der Waals surface area contributed by atoms with Crippen molar-refractivity contribution in [2.24, 2.45) is 0 Å². The number of aromatic hydroxyl groups is 2. The third-order valence-electron chi connectivity index (χ3n) is 2.75. The molecule has 0 atom stereocenters. The molecule has 84 valence electrons. The first-order valence-electron chi connectivity index (χ1n) is 5.03. The van der Waals surface area contributed by atoms with E-state index in [1.807, 2.05) is 18.2 Å².